The van der Waals surface area contributed by atoms with E-state index in [1.807, 2.05) is 36.4 Å². The average molecular weight is 883 g/mol. The molecule has 68 heavy (non-hydrogen) atoms. The highest BCUT2D eigenvalue weighted by Crippen LogP contribution is 2.41. The summed E-state index contributed by atoms with van der Waals surface area (Å²) in [5.41, 5.74) is 4.51. The Morgan fingerprint density at radius 1 is 0.309 bits per heavy atom. The Morgan fingerprint density at radius 3 is 1.62 bits per heavy atom. The van der Waals surface area contributed by atoms with Gasteiger partial charge >= 0.3 is 0 Å². The van der Waals surface area contributed by atoms with Crippen molar-refractivity contribution in [1.82, 2.24) is 13.7 Å². The molecule has 3 aromatic heterocycles. The van der Waals surface area contributed by atoms with Gasteiger partial charge in [-0.15, -0.1) is 0 Å². The maximum absolute atomic E-state index is 15.0. The highest BCUT2D eigenvalue weighted by molar-refractivity contribution is 6.14. The first-order chi connectivity index (χ1) is 39.1. The number of fused-ring (bicyclic) bond motifs is 10. The van der Waals surface area contributed by atoms with Gasteiger partial charge in [0.05, 0.1) is 56.6 Å². The van der Waals surface area contributed by atoms with Gasteiger partial charge in [0.25, 0.3) is 0 Å². The molecule has 0 atom stereocenters. The minimum atomic E-state index is -0.694. The number of para-hydroxylation sites is 2. The molecule has 0 saturated heterocycles. The van der Waals surface area contributed by atoms with Gasteiger partial charge in [0.15, 0.2) is 0 Å². The fraction of sp³-hybridized carbons (Fsp3) is 0. The Hall–Kier alpha value is -8.99. The molecule has 14 rings (SSSR count). The van der Waals surface area contributed by atoms with Crippen LogP contribution >= 0.6 is 0 Å². The molecule has 0 radical (unpaired) electrons. The van der Waals surface area contributed by atoms with Crippen LogP contribution in [-0.4, -0.2) is 13.7 Å². The van der Waals surface area contributed by atoms with Crippen LogP contribution < -0.4 is 0 Å². The van der Waals surface area contributed by atoms with Crippen molar-refractivity contribution < 1.29 is 22.2 Å². The molecule has 318 valence electrons. The second-order valence-corrected chi connectivity index (χ2v) is 16.8. The Balaban J connectivity index is 1.02. The second kappa shape index (κ2) is 15.0. The van der Waals surface area contributed by atoms with Gasteiger partial charge in [-0.25, -0.2) is 4.39 Å². The molecule has 0 fully saturated rings. The van der Waals surface area contributed by atoms with Crippen LogP contribution in [0.5, 0.6) is 0 Å². The fourth-order valence-corrected chi connectivity index (χ4v) is 9.87. The third kappa shape index (κ3) is 5.91. The van der Waals surface area contributed by atoms with Gasteiger partial charge in [0, 0.05) is 49.1 Å². The van der Waals surface area contributed by atoms with Crippen molar-refractivity contribution in [2.24, 2.45) is 0 Å². The van der Waals surface area contributed by atoms with Crippen LogP contribution in [0.4, 0.5) is 4.39 Å². The molecule has 14 aromatic rings. The zero-order valence-electron chi connectivity index (χ0n) is 48.8. The van der Waals surface area contributed by atoms with Gasteiger partial charge < -0.3 is 13.7 Å². The topological polar surface area (TPSA) is 14.8 Å². The number of benzene rings is 11. The van der Waals surface area contributed by atoms with Crippen molar-refractivity contribution in [3.63, 3.8) is 0 Å². The largest absolute Gasteiger partial charge is 0.309 e. The minimum absolute atomic E-state index is 0.00350. The van der Waals surface area contributed by atoms with Crippen LogP contribution in [0.15, 0.2) is 242 Å². The Labute approximate surface area is 409 Å². The van der Waals surface area contributed by atoms with Gasteiger partial charge in [0.1, 0.15) is 5.82 Å². The third-order valence-electron chi connectivity index (χ3n) is 13.0. The summed E-state index contributed by atoms with van der Waals surface area (Å²) in [5.74, 6) is -0.694. The number of aromatic nitrogens is 3. The first-order valence-corrected chi connectivity index (χ1v) is 22.1. The molecule has 0 saturated carbocycles. The van der Waals surface area contributed by atoms with E-state index < -0.39 is 77.4 Å². The Kier molecular flexibility index (Phi) is 6.07. The minimum Gasteiger partial charge on any atom is -0.309 e. The Morgan fingerprint density at radius 2 is 0.868 bits per heavy atom. The maximum atomic E-state index is 15.0. The summed E-state index contributed by atoms with van der Waals surface area (Å²) in [7, 11) is 0. The number of rotatable bonds is 6. The lowest BCUT2D eigenvalue weighted by Crippen LogP contribution is -1.95. The van der Waals surface area contributed by atoms with Crippen molar-refractivity contribution in [2.45, 2.75) is 0 Å². The van der Waals surface area contributed by atoms with E-state index in [4.69, 9.17) is 5.48 Å². The van der Waals surface area contributed by atoms with E-state index in [2.05, 4.69) is 65.2 Å². The summed E-state index contributed by atoms with van der Waals surface area (Å²) in [6, 6.07) is 43.6. The van der Waals surface area contributed by atoms with Crippen molar-refractivity contribution in [3.05, 3.63) is 248 Å². The summed E-state index contributed by atoms with van der Waals surface area (Å²) in [6.07, 6.45) is 0. The second-order valence-electron chi connectivity index (χ2n) is 16.8. The molecule has 0 N–H and O–H groups in total. The lowest BCUT2D eigenvalue weighted by Gasteiger charge is -2.12. The normalized spacial score (nSPS) is 14.6. The number of hydrogen-bond donors (Lipinski definition) is 0. The van der Waals surface area contributed by atoms with Crippen LogP contribution in [0.2, 0.25) is 0 Å². The maximum Gasteiger partial charge on any atom is 0.125 e. The van der Waals surface area contributed by atoms with Gasteiger partial charge in [-0.05, 0) is 136 Å². The van der Waals surface area contributed by atoms with Gasteiger partial charge in [-0.1, -0.05) is 145 Å². The molecule has 0 bridgehead atoms. The molecular weight excluding hydrogens is 830 g/mol. The smallest absolute Gasteiger partial charge is 0.125 e. The number of halogens is 1. The third-order valence-corrected chi connectivity index (χ3v) is 13.0. The lowest BCUT2D eigenvalue weighted by molar-refractivity contribution is 0.627. The molecule has 3 heterocycles. The Bertz CT molecular complexity index is 5100. The summed E-state index contributed by atoms with van der Waals surface area (Å²) >= 11 is 0. The monoisotopic (exact) mass is 882 g/mol. The van der Waals surface area contributed by atoms with Crippen LogP contribution in [0.3, 0.4) is 0 Å². The number of nitrogens with zero attached hydrogens (tertiary/aromatic N) is 3. The molecule has 0 spiro atoms. The predicted octanol–water partition coefficient (Wildman–Crippen LogP) is 17.3. The molecule has 3 nitrogen and oxygen atoms in total. The zero-order valence-corrected chi connectivity index (χ0v) is 35.8. The van der Waals surface area contributed by atoms with E-state index >= 15 is 0 Å². The van der Waals surface area contributed by atoms with E-state index in [1.165, 1.54) is 27.3 Å². The van der Waals surface area contributed by atoms with E-state index in [-0.39, 0.29) is 73.0 Å². The van der Waals surface area contributed by atoms with Crippen LogP contribution in [0.1, 0.15) is 17.8 Å². The summed E-state index contributed by atoms with van der Waals surface area (Å²) in [5, 5.41) is 3.84. The molecule has 0 aliphatic carbocycles. The molecule has 0 aliphatic rings. The average Bonchev–Trinajstić information content (AvgIpc) is 4.08. The molecule has 0 aliphatic heterocycles. The standard InChI is InChI=1S/C64H40FN3/c65-48-16-11-17-50(40-48)67-59-21-8-6-19-52(59)54-38-46(28-33-61(54)67)47-29-34-63-57(39-47)56-37-44(41-12-2-1-3-13-41)26-32-62(56)66(63)49-30-24-42(25-31-49)45-27-35-64-55(36-45)53-20-7-9-22-60(53)68(64)58-23-10-15-43-14-4-5-18-51(43)58/h1-40H/i6D,8D,19D,21D,26D,28D,29D,32D,33D,34D,37D,38D,39D. The number of hydrogen-bond acceptors (Lipinski definition) is 0. The molecule has 0 unspecified atom stereocenters. The van der Waals surface area contributed by atoms with E-state index in [9.17, 15) is 16.7 Å². The zero-order chi connectivity index (χ0) is 56.2. The fourth-order valence-electron chi connectivity index (χ4n) is 9.87. The van der Waals surface area contributed by atoms with Crippen molar-refractivity contribution >= 4 is 76.2 Å². The lowest BCUT2D eigenvalue weighted by atomic mass is 9.99. The molecule has 11 aromatic carbocycles. The SMILES string of the molecule is [2H]c1c([2H])c([2H])c2c(c1[2H])c1c([2H])c(-c3c([2H])c([2H])c4c(c3[2H])c3c([2H])c(-c5ccccc5)c([2H])c([2H])c3n4-c3ccc(-c4ccc5c(c4)c4ccccc4n5-c4cccc5ccccc45)cc3)c([2H])c([2H])c1n2-c1cccc(F)c1. The van der Waals surface area contributed by atoms with E-state index in [0.717, 1.165) is 55.5 Å². The highest BCUT2D eigenvalue weighted by atomic mass is 19.1. The predicted molar refractivity (Wildman–Crippen MR) is 283 cm³/mol. The van der Waals surface area contributed by atoms with Gasteiger partial charge in [-0.2, -0.15) is 0 Å². The van der Waals surface area contributed by atoms with Crippen LogP contribution in [0.25, 0.3) is 127 Å². The molecule has 4 heteroatoms. The van der Waals surface area contributed by atoms with Crippen molar-refractivity contribution in [3.8, 4) is 50.4 Å². The van der Waals surface area contributed by atoms with E-state index in [1.54, 1.807) is 42.5 Å². The summed E-state index contributed by atoms with van der Waals surface area (Å²) in [4.78, 5) is 0. The quantitative estimate of drug-likeness (QED) is 0.158. The van der Waals surface area contributed by atoms with E-state index in [0.29, 0.717) is 11.3 Å². The summed E-state index contributed by atoms with van der Waals surface area (Å²) in [6.45, 7) is 0. The van der Waals surface area contributed by atoms with Crippen molar-refractivity contribution in [1.29, 1.82) is 0 Å². The van der Waals surface area contributed by atoms with Gasteiger partial charge in [0.2, 0.25) is 0 Å². The van der Waals surface area contributed by atoms with Crippen molar-refractivity contribution in [2.75, 3.05) is 0 Å². The summed E-state index contributed by atoms with van der Waals surface area (Å²) < 4.78 is 143. The first-order valence-electron chi connectivity index (χ1n) is 28.6. The van der Waals surface area contributed by atoms with Crippen LogP contribution in [-0.2, 0) is 0 Å². The van der Waals surface area contributed by atoms with Gasteiger partial charge in [-0.3, -0.25) is 0 Å². The van der Waals surface area contributed by atoms with Crippen LogP contribution in [0, 0.1) is 5.82 Å². The molecule has 0 amide bonds. The first kappa shape index (κ1) is 27.5. The highest BCUT2D eigenvalue weighted by Gasteiger charge is 2.19. The molecular formula is C64H40FN3.